The monoisotopic (exact) mass is 314 g/mol. The molecule has 0 spiro atoms. The number of carboxylic acids is 1. The summed E-state index contributed by atoms with van der Waals surface area (Å²) in [6.45, 7) is 0.116. The van der Waals surface area contributed by atoms with Crippen molar-refractivity contribution in [2.24, 2.45) is 0 Å². The van der Waals surface area contributed by atoms with Crippen LogP contribution in [0.1, 0.15) is 11.1 Å². The van der Waals surface area contributed by atoms with Crippen LogP contribution in [0.2, 0.25) is 0 Å². The minimum atomic E-state index is -1.06. The van der Waals surface area contributed by atoms with E-state index < -0.39 is 18.1 Å². The van der Waals surface area contributed by atoms with Gasteiger partial charge in [-0.3, -0.25) is 10.2 Å². The molecule has 2 aromatic carbocycles. The minimum absolute atomic E-state index is 0.116. The first-order valence-corrected chi connectivity index (χ1v) is 7.14. The number of aliphatic carboxylic acids is 1. The van der Waals surface area contributed by atoms with Gasteiger partial charge >= 0.3 is 12.1 Å². The van der Waals surface area contributed by atoms with Gasteiger partial charge in [-0.05, 0) is 11.1 Å². The molecule has 0 aliphatic heterocycles. The number of carboxylic acid groups (broad SMARTS) is 1. The van der Waals surface area contributed by atoms with Gasteiger partial charge in [-0.2, -0.15) is 0 Å². The molecule has 1 amide bonds. The molecule has 0 saturated carbocycles. The third-order valence-electron chi connectivity index (χ3n) is 3.14. The first-order chi connectivity index (χ1) is 11.1. The van der Waals surface area contributed by atoms with Crippen molar-refractivity contribution in [3.63, 3.8) is 0 Å². The summed E-state index contributed by atoms with van der Waals surface area (Å²) in [5, 5.41) is 9.20. The lowest BCUT2D eigenvalue weighted by Gasteiger charge is -2.15. The van der Waals surface area contributed by atoms with Gasteiger partial charge in [0.25, 0.3) is 0 Å². The summed E-state index contributed by atoms with van der Waals surface area (Å²) >= 11 is 0. The van der Waals surface area contributed by atoms with Crippen LogP contribution in [-0.4, -0.2) is 23.2 Å². The van der Waals surface area contributed by atoms with Crippen molar-refractivity contribution < 1.29 is 19.4 Å². The molecule has 0 aromatic heterocycles. The molecule has 6 nitrogen and oxygen atoms in total. The van der Waals surface area contributed by atoms with E-state index in [2.05, 4.69) is 10.9 Å². The highest BCUT2D eigenvalue weighted by Crippen LogP contribution is 2.03. The van der Waals surface area contributed by atoms with E-state index in [1.54, 1.807) is 0 Å². The van der Waals surface area contributed by atoms with Crippen LogP contribution >= 0.6 is 0 Å². The van der Waals surface area contributed by atoms with Gasteiger partial charge in [-0.1, -0.05) is 60.7 Å². The minimum Gasteiger partial charge on any atom is -0.480 e. The van der Waals surface area contributed by atoms with Gasteiger partial charge in [-0.25, -0.2) is 10.2 Å². The lowest BCUT2D eigenvalue weighted by atomic mass is 10.1. The van der Waals surface area contributed by atoms with Crippen LogP contribution < -0.4 is 10.9 Å². The average molecular weight is 314 g/mol. The number of amides is 1. The maximum atomic E-state index is 11.6. The fourth-order valence-electron chi connectivity index (χ4n) is 1.96. The van der Waals surface area contributed by atoms with E-state index in [4.69, 9.17) is 4.74 Å². The third-order valence-corrected chi connectivity index (χ3v) is 3.14. The van der Waals surface area contributed by atoms with Crippen molar-refractivity contribution in [3.8, 4) is 0 Å². The number of carbonyl (C=O) groups is 2. The SMILES string of the molecule is O=C(NNC(Cc1ccccc1)C(=O)O)OCc1ccccc1. The number of carbonyl (C=O) groups excluding carboxylic acids is 1. The zero-order valence-electron chi connectivity index (χ0n) is 12.4. The normalized spacial score (nSPS) is 11.5. The van der Waals surface area contributed by atoms with E-state index in [-0.39, 0.29) is 13.0 Å². The van der Waals surface area contributed by atoms with Crippen molar-refractivity contribution in [2.45, 2.75) is 19.1 Å². The summed E-state index contributed by atoms with van der Waals surface area (Å²) in [6.07, 6.45) is -0.483. The molecule has 3 N–H and O–H groups in total. The first kappa shape index (κ1) is 16.5. The molecule has 120 valence electrons. The molecule has 0 aliphatic rings. The molecule has 2 rings (SSSR count). The summed E-state index contributed by atoms with van der Waals surface area (Å²) in [5.74, 6) is -1.06. The van der Waals surface area contributed by atoms with Crippen LogP contribution in [0, 0.1) is 0 Å². The molecule has 1 unspecified atom stereocenters. The van der Waals surface area contributed by atoms with E-state index in [1.807, 2.05) is 60.7 Å². The van der Waals surface area contributed by atoms with Crippen LogP contribution in [0.5, 0.6) is 0 Å². The van der Waals surface area contributed by atoms with Gasteiger partial charge in [0.05, 0.1) is 0 Å². The van der Waals surface area contributed by atoms with Gasteiger partial charge in [-0.15, -0.1) is 0 Å². The molecule has 0 saturated heterocycles. The van der Waals surface area contributed by atoms with Crippen molar-refractivity contribution >= 4 is 12.1 Å². The van der Waals surface area contributed by atoms with Gasteiger partial charge in [0, 0.05) is 6.42 Å². The van der Waals surface area contributed by atoms with E-state index in [0.717, 1.165) is 11.1 Å². The summed E-state index contributed by atoms with van der Waals surface area (Å²) in [6, 6.07) is 17.4. The van der Waals surface area contributed by atoms with E-state index in [9.17, 15) is 14.7 Å². The Morgan fingerprint density at radius 3 is 2.09 bits per heavy atom. The standard InChI is InChI=1S/C17H18N2O4/c20-16(21)15(11-13-7-3-1-4-8-13)18-19-17(22)23-12-14-9-5-2-6-10-14/h1-10,15,18H,11-12H2,(H,19,22)(H,20,21). The van der Waals surface area contributed by atoms with Crippen molar-refractivity contribution in [1.29, 1.82) is 0 Å². The van der Waals surface area contributed by atoms with E-state index in [0.29, 0.717) is 0 Å². The summed E-state index contributed by atoms with van der Waals surface area (Å²) in [5.41, 5.74) is 6.44. The molecule has 0 fully saturated rings. The Morgan fingerprint density at radius 2 is 1.52 bits per heavy atom. The number of rotatable bonds is 7. The lowest BCUT2D eigenvalue weighted by Crippen LogP contribution is -2.49. The van der Waals surface area contributed by atoms with Crippen LogP contribution in [0.4, 0.5) is 4.79 Å². The van der Waals surface area contributed by atoms with Crippen molar-refractivity contribution in [2.75, 3.05) is 0 Å². The number of hydrogen-bond donors (Lipinski definition) is 3. The Hall–Kier alpha value is -2.86. The Kier molecular flexibility index (Phi) is 6.14. The van der Waals surface area contributed by atoms with Crippen molar-refractivity contribution in [1.82, 2.24) is 10.9 Å². The average Bonchev–Trinajstić information content (AvgIpc) is 2.58. The van der Waals surface area contributed by atoms with E-state index in [1.165, 1.54) is 0 Å². The highest BCUT2D eigenvalue weighted by molar-refractivity contribution is 5.75. The van der Waals surface area contributed by atoms with Crippen LogP contribution in [-0.2, 0) is 22.6 Å². The number of nitrogens with one attached hydrogen (secondary N) is 2. The van der Waals surface area contributed by atoms with Gasteiger partial charge in [0.2, 0.25) is 0 Å². The maximum absolute atomic E-state index is 11.6. The predicted molar refractivity (Wildman–Crippen MR) is 84.5 cm³/mol. The second-order valence-corrected chi connectivity index (χ2v) is 4.91. The van der Waals surface area contributed by atoms with Crippen LogP contribution in [0.3, 0.4) is 0 Å². The molecule has 1 atom stereocenters. The molecule has 0 aliphatic carbocycles. The Balaban J connectivity index is 1.79. The second-order valence-electron chi connectivity index (χ2n) is 4.91. The highest BCUT2D eigenvalue weighted by Gasteiger charge is 2.18. The zero-order chi connectivity index (χ0) is 16.5. The Morgan fingerprint density at radius 1 is 0.957 bits per heavy atom. The van der Waals surface area contributed by atoms with Crippen LogP contribution in [0.15, 0.2) is 60.7 Å². The number of hydrazine groups is 1. The third kappa shape index (κ3) is 5.80. The molecular formula is C17H18N2O4. The zero-order valence-corrected chi connectivity index (χ0v) is 12.4. The Bertz CT molecular complexity index is 632. The number of hydrogen-bond acceptors (Lipinski definition) is 4. The maximum Gasteiger partial charge on any atom is 0.421 e. The van der Waals surface area contributed by atoms with Crippen molar-refractivity contribution in [3.05, 3.63) is 71.8 Å². The quantitative estimate of drug-likeness (QED) is 0.681. The van der Waals surface area contributed by atoms with E-state index >= 15 is 0 Å². The van der Waals surface area contributed by atoms with Crippen LogP contribution in [0.25, 0.3) is 0 Å². The predicted octanol–water partition coefficient (Wildman–Crippen LogP) is 2.11. The smallest absolute Gasteiger partial charge is 0.421 e. The summed E-state index contributed by atoms with van der Waals surface area (Å²) < 4.78 is 5.00. The Labute approximate surface area is 134 Å². The molecule has 0 radical (unpaired) electrons. The summed E-state index contributed by atoms with van der Waals surface area (Å²) in [7, 11) is 0. The lowest BCUT2D eigenvalue weighted by molar-refractivity contribution is -0.139. The molecule has 23 heavy (non-hydrogen) atoms. The van der Waals surface area contributed by atoms with Gasteiger partial charge in [0.1, 0.15) is 12.6 Å². The molecule has 0 bridgehead atoms. The second kappa shape index (κ2) is 8.55. The van der Waals surface area contributed by atoms with Gasteiger partial charge < -0.3 is 9.84 Å². The topological polar surface area (TPSA) is 87.7 Å². The molecular weight excluding hydrogens is 296 g/mol. The fraction of sp³-hybridized carbons (Fsp3) is 0.176. The number of benzene rings is 2. The largest absolute Gasteiger partial charge is 0.480 e. The molecule has 0 heterocycles. The first-order valence-electron chi connectivity index (χ1n) is 7.14. The molecule has 6 heteroatoms. The number of ether oxygens (including phenoxy) is 1. The summed E-state index contributed by atoms with van der Waals surface area (Å²) in [4.78, 5) is 22.8. The fourth-order valence-corrected chi connectivity index (χ4v) is 1.96. The van der Waals surface area contributed by atoms with Gasteiger partial charge in [0.15, 0.2) is 0 Å². The highest BCUT2D eigenvalue weighted by atomic mass is 16.6. The molecule has 2 aromatic rings.